The molecule has 0 fully saturated rings. The third kappa shape index (κ3) is 19.8. The van der Waals surface area contributed by atoms with E-state index in [1.165, 1.54) is 19.3 Å². The van der Waals surface area contributed by atoms with E-state index >= 15 is 0 Å². The molecule has 0 rings (SSSR count). The summed E-state index contributed by atoms with van der Waals surface area (Å²) in [5.41, 5.74) is 0. The van der Waals surface area contributed by atoms with E-state index in [9.17, 15) is 14.2 Å². The highest BCUT2D eigenvalue weighted by molar-refractivity contribution is 7.46. The van der Waals surface area contributed by atoms with Gasteiger partial charge in [0, 0.05) is 6.42 Å². The number of carboxylic acid groups (broad SMARTS) is 1. The third-order valence-corrected chi connectivity index (χ3v) is 4.88. The van der Waals surface area contributed by atoms with Crippen molar-refractivity contribution in [2.75, 3.05) is 6.61 Å². The summed E-state index contributed by atoms with van der Waals surface area (Å²) < 4.78 is 14.8. The summed E-state index contributed by atoms with van der Waals surface area (Å²) in [4.78, 5) is 40.0. The maximum atomic E-state index is 11.8. The summed E-state index contributed by atoms with van der Waals surface area (Å²) >= 11 is 0. The monoisotopic (exact) mass is 447 g/mol. The number of hydrogen-bond donors (Lipinski definition) is 4. The van der Waals surface area contributed by atoms with E-state index < -0.39 is 32.3 Å². The topological polar surface area (TPSA) is 133 Å². The zero-order valence-electron chi connectivity index (χ0n) is 18.0. The Morgan fingerprint density at radius 1 is 0.933 bits per heavy atom. The van der Waals surface area contributed by atoms with Crippen LogP contribution in [0.15, 0.2) is 24.3 Å². The van der Waals surface area contributed by atoms with Crippen molar-refractivity contribution < 1.29 is 33.6 Å². The summed E-state index contributed by atoms with van der Waals surface area (Å²) in [5.74, 6) is -1.88. The standard InChI is InChI=1S/C21H38NO7P/c1-2-3-4-5-6-7-8-9-10-11-12-13-14-15-16-17-20(23)22-19(21(24)25)18-29-30(26,27)28/h6-7,9-10,19H,2-5,8,11-18H2,1H3,(H,22,23)(H,24,25)(H2,26,27,28)/b7-6-,10-9-. The molecule has 0 aromatic rings. The number of hydrogen-bond acceptors (Lipinski definition) is 4. The van der Waals surface area contributed by atoms with Gasteiger partial charge in [-0.2, -0.15) is 0 Å². The molecule has 174 valence electrons. The van der Waals surface area contributed by atoms with E-state index in [1.54, 1.807) is 0 Å². The molecule has 0 spiro atoms. The fourth-order valence-electron chi connectivity index (χ4n) is 2.71. The zero-order chi connectivity index (χ0) is 22.7. The van der Waals surface area contributed by atoms with E-state index in [0.717, 1.165) is 44.9 Å². The molecular formula is C21H38NO7P. The molecule has 8 nitrogen and oxygen atoms in total. The van der Waals surface area contributed by atoms with Crippen molar-refractivity contribution in [3.8, 4) is 0 Å². The number of unbranched alkanes of at least 4 members (excludes halogenated alkanes) is 8. The Labute approximate surface area is 180 Å². The molecule has 0 aliphatic carbocycles. The maximum Gasteiger partial charge on any atom is 0.469 e. The van der Waals surface area contributed by atoms with Crippen molar-refractivity contribution in [1.82, 2.24) is 5.32 Å². The molecule has 0 aromatic carbocycles. The second kappa shape index (κ2) is 18.3. The van der Waals surface area contributed by atoms with Crippen LogP contribution in [0, 0.1) is 0 Å². The average Bonchev–Trinajstić information content (AvgIpc) is 2.67. The average molecular weight is 448 g/mol. The van der Waals surface area contributed by atoms with Gasteiger partial charge in [0.05, 0.1) is 6.61 Å². The van der Waals surface area contributed by atoms with Gasteiger partial charge >= 0.3 is 13.8 Å². The molecular weight excluding hydrogens is 409 g/mol. The van der Waals surface area contributed by atoms with Crippen molar-refractivity contribution in [1.29, 1.82) is 0 Å². The van der Waals surface area contributed by atoms with E-state index in [0.29, 0.717) is 6.42 Å². The van der Waals surface area contributed by atoms with Crippen LogP contribution in [0.2, 0.25) is 0 Å². The summed E-state index contributed by atoms with van der Waals surface area (Å²) in [5, 5.41) is 11.2. The first-order chi connectivity index (χ1) is 14.3. The summed E-state index contributed by atoms with van der Waals surface area (Å²) in [6, 6.07) is -1.48. The Balaban J connectivity index is 3.68. The van der Waals surface area contributed by atoms with Crippen LogP contribution in [0.1, 0.15) is 84.0 Å². The van der Waals surface area contributed by atoms with Gasteiger partial charge in [-0.15, -0.1) is 0 Å². The predicted octanol–water partition coefficient (Wildman–Crippen LogP) is 4.48. The molecule has 9 heteroatoms. The van der Waals surface area contributed by atoms with Gasteiger partial charge < -0.3 is 20.2 Å². The second-order valence-electron chi connectivity index (χ2n) is 7.23. The van der Waals surface area contributed by atoms with E-state index in [1.807, 2.05) is 0 Å². The largest absolute Gasteiger partial charge is 0.480 e. The number of carbonyl (C=O) groups is 2. The fourth-order valence-corrected chi connectivity index (χ4v) is 3.05. The highest BCUT2D eigenvalue weighted by Crippen LogP contribution is 2.35. The van der Waals surface area contributed by atoms with Crippen molar-refractivity contribution >= 4 is 19.7 Å². The minimum absolute atomic E-state index is 0.171. The predicted molar refractivity (Wildman–Crippen MR) is 117 cm³/mol. The van der Waals surface area contributed by atoms with Gasteiger partial charge in [-0.1, -0.05) is 63.3 Å². The number of nitrogens with one attached hydrogen (secondary N) is 1. The van der Waals surface area contributed by atoms with Gasteiger partial charge in [-0.25, -0.2) is 9.36 Å². The van der Waals surface area contributed by atoms with Crippen molar-refractivity contribution in [2.45, 2.75) is 90.0 Å². The van der Waals surface area contributed by atoms with Crippen LogP contribution < -0.4 is 5.32 Å². The minimum atomic E-state index is -4.78. The summed E-state index contributed by atoms with van der Waals surface area (Å²) in [6.07, 6.45) is 20.7. The van der Waals surface area contributed by atoms with Gasteiger partial charge in [0.2, 0.25) is 5.91 Å². The number of rotatable bonds is 19. The lowest BCUT2D eigenvalue weighted by molar-refractivity contribution is -0.142. The van der Waals surface area contributed by atoms with Gasteiger partial charge in [-0.3, -0.25) is 9.32 Å². The molecule has 0 saturated carbocycles. The molecule has 0 aliphatic rings. The molecule has 4 N–H and O–H groups in total. The first-order valence-electron chi connectivity index (χ1n) is 10.8. The van der Waals surface area contributed by atoms with Gasteiger partial charge in [0.15, 0.2) is 6.04 Å². The van der Waals surface area contributed by atoms with Gasteiger partial charge in [-0.05, 0) is 38.5 Å². The Morgan fingerprint density at radius 2 is 1.50 bits per heavy atom. The molecule has 1 amide bonds. The molecule has 0 aromatic heterocycles. The van der Waals surface area contributed by atoms with Crippen LogP contribution in [0.4, 0.5) is 0 Å². The quantitative estimate of drug-likeness (QED) is 0.130. The van der Waals surface area contributed by atoms with Crippen LogP contribution >= 0.6 is 7.82 Å². The Kier molecular flexibility index (Phi) is 17.4. The number of aliphatic carboxylic acids is 1. The molecule has 0 heterocycles. The molecule has 0 saturated heterocycles. The minimum Gasteiger partial charge on any atom is -0.480 e. The number of phosphoric ester groups is 1. The Bertz CT molecular complexity index is 572. The van der Waals surface area contributed by atoms with Gasteiger partial charge in [0.1, 0.15) is 0 Å². The molecule has 0 aliphatic heterocycles. The molecule has 0 radical (unpaired) electrons. The number of phosphoric acid groups is 1. The van der Waals surface area contributed by atoms with Crippen LogP contribution in [0.25, 0.3) is 0 Å². The first kappa shape index (κ1) is 28.5. The number of amides is 1. The third-order valence-electron chi connectivity index (χ3n) is 4.40. The lowest BCUT2D eigenvalue weighted by atomic mass is 10.1. The van der Waals surface area contributed by atoms with Crippen molar-refractivity contribution in [3.05, 3.63) is 24.3 Å². The lowest BCUT2D eigenvalue weighted by Gasteiger charge is -2.15. The molecule has 1 atom stereocenters. The highest BCUT2D eigenvalue weighted by atomic mass is 31.2. The van der Waals surface area contributed by atoms with E-state index in [4.69, 9.17) is 14.9 Å². The Morgan fingerprint density at radius 3 is 2.07 bits per heavy atom. The van der Waals surface area contributed by atoms with Crippen molar-refractivity contribution in [2.24, 2.45) is 0 Å². The molecule has 0 bridgehead atoms. The summed E-state index contributed by atoms with van der Waals surface area (Å²) in [7, 11) is -4.78. The molecule has 30 heavy (non-hydrogen) atoms. The highest BCUT2D eigenvalue weighted by Gasteiger charge is 2.24. The van der Waals surface area contributed by atoms with Crippen LogP contribution in [0.5, 0.6) is 0 Å². The zero-order valence-corrected chi connectivity index (χ0v) is 18.9. The number of allylic oxidation sites excluding steroid dienone is 4. The maximum absolute atomic E-state index is 11.8. The van der Waals surface area contributed by atoms with Crippen LogP contribution in [-0.2, 0) is 18.7 Å². The van der Waals surface area contributed by atoms with E-state index in [2.05, 4.69) is 41.1 Å². The normalized spacial score (nSPS) is 13.2. The van der Waals surface area contributed by atoms with Gasteiger partial charge in [0.25, 0.3) is 0 Å². The second-order valence-corrected chi connectivity index (χ2v) is 8.46. The summed E-state index contributed by atoms with van der Waals surface area (Å²) in [6.45, 7) is 1.42. The Hall–Kier alpha value is -1.47. The molecule has 1 unspecified atom stereocenters. The van der Waals surface area contributed by atoms with Crippen molar-refractivity contribution in [3.63, 3.8) is 0 Å². The van der Waals surface area contributed by atoms with E-state index in [-0.39, 0.29) is 6.42 Å². The number of carboxylic acids is 1. The van der Waals surface area contributed by atoms with Crippen LogP contribution in [-0.4, -0.2) is 39.4 Å². The smallest absolute Gasteiger partial charge is 0.469 e. The lowest BCUT2D eigenvalue weighted by Crippen LogP contribution is -2.43. The SMILES string of the molecule is CCCCC/C=C\C/C=C\CCCCCCCC(=O)NC(COP(=O)(O)O)C(=O)O. The first-order valence-corrected chi connectivity index (χ1v) is 12.3. The number of carbonyl (C=O) groups excluding carboxylic acids is 1. The fraction of sp³-hybridized carbons (Fsp3) is 0.714. The van der Waals surface area contributed by atoms with Crippen LogP contribution in [0.3, 0.4) is 0 Å².